The summed E-state index contributed by atoms with van der Waals surface area (Å²) in [4.78, 5) is 3.87. The molecule has 1 atom stereocenters. The lowest BCUT2D eigenvalue weighted by Gasteiger charge is -2.23. The van der Waals surface area contributed by atoms with Gasteiger partial charge in [-0.1, -0.05) is 32.0 Å². The summed E-state index contributed by atoms with van der Waals surface area (Å²) in [6.45, 7) is 3.42. The Hall–Kier alpha value is -2.09. The maximum Gasteiger partial charge on any atom is 0.434 e. The minimum Gasteiger partial charge on any atom is -0.310 e. The van der Waals surface area contributed by atoms with E-state index < -0.39 is 21.7 Å². The first kappa shape index (κ1) is 17.7. The summed E-state index contributed by atoms with van der Waals surface area (Å²) in [5, 5.41) is 0. The number of nitrogens with zero attached hydrogens (tertiary/aromatic N) is 2. The minimum absolute atomic E-state index is 0.0414. The van der Waals surface area contributed by atoms with E-state index in [2.05, 4.69) is 4.98 Å². The molecule has 2 aromatic rings. The molecular formula is C17H17F3N2O2S. The summed E-state index contributed by atoms with van der Waals surface area (Å²) in [6.07, 6.45) is -1.71. The normalized spacial score (nSPS) is 18.0. The third-order valence-corrected chi connectivity index (χ3v) is 6.10. The second kappa shape index (κ2) is 6.01. The van der Waals surface area contributed by atoms with E-state index in [0.29, 0.717) is 23.4 Å². The molecule has 0 N–H and O–H groups in total. The van der Waals surface area contributed by atoms with Crippen molar-refractivity contribution in [3.8, 4) is 0 Å². The first-order valence-corrected chi connectivity index (χ1v) is 9.47. The molecule has 4 nitrogen and oxygen atoms in total. The number of hydrogen-bond acceptors (Lipinski definition) is 3. The fraction of sp³-hybridized carbons (Fsp3) is 0.353. The fourth-order valence-corrected chi connectivity index (χ4v) is 4.08. The van der Waals surface area contributed by atoms with Gasteiger partial charge in [-0.05, 0) is 23.1 Å². The molecule has 0 radical (unpaired) electrons. The van der Waals surface area contributed by atoms with E-state index in [1.54, 1.807) is 31.3 Å². The summed E-state index contributed by atoms with van der Waals surface area (Å²) in [5.74, 6) is 0.129. The number of alkyl halides is 3. The Bertz CT molecular complexity index is 943. The van der Waals surface area contributed by atoms with Gasteiger partial charge in [-0.2, -0.15) is 13.2 Å². The highest BCUT2D eigenvalue weighted by Gasteiger charge is 2.36. The van der Waals surface area contributed by atoms with Crippen molar-refractivity contribution in [2.45, 2.75) is 31.3 Å². The van der Waals surface area contributed by atoms with E-state index in [1.807, 2.05) is 6.92 Å². The Morgan fingerprint density at radius 2 is 1.96 bits per heavy atom. The molecule has 1 aromatic carbocycles. The van der Waals surface area contributed by atoms with Crippen LogP contribution in [0.25, 0.3) is 11.8 Å². The Morgan fingerprint density at radius 3 is 2.60 bits per heavy atom. The molecule has 0 fully saturated rings. The molecule has 2 heterocycles. The molecule has 0 spiro atoms. The monoisotopic (exact) mass is 370 g/mol. The minimum atomic E-state index is -4.51. The Balaban J connectivity index is 2.15. The third-order valence-electron chi connectivity index (χ3n) is 4.31. The number of halogens is 3. The maximum atomic E-state index is 12.9. The van der Waals surface area contributed by atoms with Gasteiger partial charge in [0.25, 0.3) is 0 Å². The number of fused-ring (bicyclic) bond motifs is 1. The van der Waals surface area contributed by atoms with Crippen LogP contribution >= 0.6 is 0 Å². The summed E-state index contributed by atoms with van der Waals surface area (Å²) < 4.78 is 64.7. The molecule has 1 aromatic heterocycles. The van der Waals surface area contributed by atoms with E-state index in [4.69, 9.17) is 0 Å². The van der Waals surface area contributed by atoms with Crippen molar-refractivity contribution in [3.63, 3.8) is 0 Å². The number of rotatable bonds is 3. The van der Waals surface area contributed by atoms with Crippen molar-refractivity contribution in [1.29, 1.82) is 0 Å². The Labute approximate surface area is 143 Å². The zero-order valence-corrected chi connectivity index (χ0v) is 14.5. The molecule has 0 saturated heterocycles. The van der Waals surface area contributed by atoms with Crippen LogP contribution in [0.5, 0.6) is 0 Å². The first-order valence-electron chi connectivity index (χ1n) is 7.82. The van der Waals surface area contributed by atoms with Crippen LogP contribution in [0.1, 0.15) is 30.9 Å². The van der Waals surface area contributed by atoms with Crippen molar-refractivity contribution >= 4 is 21.6 Å². The second-order valence-corrected chi connectivity index (χ2v) is 8.28. The number of allylic oxidation sites excluding steroid dienone is 1. The molecule has 8 heteroatoms. The summed E-state index contributed by atoms with van der Waals surface area (Å²) in [5.41, 5.74) is 0.276. The van der Waals surface area contributed by atoms with Crippen LogP contribution in [0, 0.1) is 5.92 Å². The van der Waals surface area contributed by atoms with Gasteiger partial charge in [-0.15, -0.1) is 0 Å². The molecule has 3 rings (SSSR count). The molecule has 0 aliphatic carbocycles. The number of imidazole rings is 1. The van der Waals surface area contributed by atoms with Crippen LogP contribution in [0.3, 0.4) is 0 Å². The molecule has 134 valence electrons. The predicted octanol–water partition coefficient (Wildman–Crippen LogP) is 3.89. The quantitative estimate of drug-likeness (QED) is 0.824. The van der Waals surface area contributed by atoms with Crippen LogP contribution < -0.4 is 0 Å². The van der Waals surface area contributed by atoms with E-state index in [1.165, 1.54) is 10.6 Å². The second-order valence-electron chi connectivity index (χ2n) is 6.04. The SMILES string of the molecule is CCS(=O)(=O)c1ccccc1C1=Cn2cc(C(F)(F)F)nc2CC1C. The third kappa shape index (κ3) is 3.22. The largest absolute Gasteiger partial charge is 0.434 e. The zero-order chi connectivity index (χ0) is 18.4. The molecule has 1 aliphatic heterocycles. The summed E-state index contributed by atoms with van der Waals surface area (Å²) >= 11 is 0. The molecule has 0 bridgehead atoms. The molecule has 25 heavy (non-hydrogen) atoms. The molecule has 0 amide bonds. The number of aromatic nitrogens is 2. The van der Waals surface area contributed by atoms with Gasteiger partial charge in [-0.3, -0.25) is 0 Å². The number of sulfone groups is 1. The zero-order valence-electron chi connectivity index (χ0n) is 13.7. The van der Waals surface area contributed by atoms with Gasteiger partial charge in [0.15, 0.2) is 15.5 Å². The van der Waals surface area contributed by atoms with Crippen LogP contribution in [0.15, 0.2) is 35.4 Å². The lowest BCUT2D eigenvalue weighted by atomic mass is 9.90. The van der Waals surface area contributed by atoms with Crippen molar-refractivity contribution in [2.75, 3.05) is 5.75 Å². The lowest BCUT2D eigenvalue weighted by Crippen LogP contribution is -2.16. The molecule has 1 unspecified atom stereocenters. The van der Waals surface area contributed by atoms with Crippen LogP contribution in [-0.2, 0) is 22.4 Å². The van der Waals surface area contributed by atoms with Gasteiger partial charge in [0, 0.05) is 18.8 Å². The molecule has 1 aliphatic rings. The lowest BCUT2D eigenvalue weighted by molar-refractivity contribution is -0.141. The maximum absolute atomic E-state index is 12.9. The molecular weight excluding hydrogens is 353 g/mol. The fourth-order valence-electron chi connectivity index (χ4n) is 2.96. The van der Waals surface area contributed by atoms with Crippen molar-refractivity contribution in [2.24, 2.45) is 5.92 Å². The average Bonchev–Trinajstić information content (AvgIpc) is 2.97. The number of benzene rings is 1. The smallest absolute Gasteiger partial charge is 0.310 e. The van der Waals surface area contributed by atoms with Gasteiger partial charge in [0.05, 0.1) is 10.6 Å². The highest BCUT2D eigenvalue weighted by atomic mass is 32.2. The number of hydrogen-bond donors (Lipinski definition) is 0. The van der Waals surface area contributed by atoms with Crippen molar-refractivity contribution < 1.29 is 21.6 Å². The predicted molar refractivity (Wildman–Crippen MR) is 88.4 cm³/mol. The topological polar surface area (TPSA) is 52.0 Å². The highest BCUT2D eigenvalue weighted by Crippen LogP contribution is 2.37. The summed E-state index contributed by atoms with van der Waals surface area (Å²) in [7, 11) is -3.44. The Morgan fingerprint density at radius 1 is 1.28 bits per heavy atom. The van der Waals surface area contributed by atoms with Gasteiger partial charge >= 0.3 is 6.18 Å². The van der Waals surface area contributed by atoms with Gasteiger partial charge in [0.1, 0.15) is 5.82 Å². The highest BCUT2D eigenvalue weighted by molar-refractivity contribution is 7.91. The standard InChI is InChI=1S/C17H17F3N2O2S/c1-3-25(23,24)14-7-5-4-6-12(14)13-9-22-10-15(17(18,19)20)21-16(22)8-11(13)2/h4-7,9-11H,3,8H2,1-2H3. The van der Waals surface area contributed by atoms with Crippen LogP contribution in [0.4, 0.5) is 13.2 Å². The van der Waals surface area contributed by atoms with Crippen molar-refractivity contribution in [3.05, 3.63) is 47.5 Å². The first-order chi connectivity index (χ1) is 11.6. The van der Waals surface area contributed by atoms with Gasteiger partial charge in [0.2, 0.25) is 0 Å². The summed E-state index contributed by atoms with van der Waals surface area (Å²) in [6, 6.07) is 6.59. The van der Waals surface area contributed by atoms with E-state index in [0.717, 1.165) is 6.20 Å². The van der Waals surface area contributed by atoms with Crippen molar-refractivity contribution in [1.82, 2.24) is 9.55 Å². The van der Waals surface area contributed by atoms with E-state index in [9.17, 15) is 21.6 Å². The average molecular weight is 370 g/mol. The molecule has 0 saturated carbocycles. The van der Waals surface area contributed by atoms with Gasteiger partial charge in [-0.25, -0.2) is 13.4 Å². The Kier molecular flexibility index (Phi) is 4.26. The van der Waals surface area contributed by atoms with Crippen LogP contribution in [0.2, 0.25) is 0 Å². The van der Waals surface area contributed by atoms with E-state index in [-0.39, 0.29) is 16.6 Å². The van der Waals surface area contributed by atoms with Gasteiger partial charge < -0.3 is 4.57 Å². The van der Waals surface area contributed by atoms with Crippen LogP contribution in [-0.4, -0.2) is 23.7 Å². The van der Waals surface area contributed by atoms with E-state index >= 15 is 0 Å².